The summed E-state index contributed by atoms with van der Waals surface area (Å²) in [4.78, 5) is 25.6. The molecule has 0 aliphatic carbocycles. The second-order valence-electron chi connectivity index (χ2n) is 6.65. The van der Waals surface area contributed by atoms with Gasteiger partial charge in [-0.15, -0.1) is 11.3 Å². The van der Waals surface area contributed by atoms with Gasteiger partial charge in [-0.05, 0) is 57.0 Å². The van der Waals surface area contributed by atoms with Crippen molar-refractivity contribution in [3.8, 4) is 5.75 Å². The van der Waals surface area contributed by atoms with Crippen LogP contribution in [0.5, 0.6) is 5.75 Å². The zero-order valence-electron chi connectivity index (χ0n) is 16.9. The summed E-state index contributed by atoms with van der Waals surface area (Å²) in [5, 5.41) is 7.01. The number of carbonyl (C=O) groups is 2. The number of aromatic nitrogens is 1. The van der Waals surface area contributed by atoms with Crippen molar-refractivity contribution in [1.29, 1.82) is 0 Å². The smallest absolute Gasteiger partial charge is 0.340 e. The fourth-order valence-electron chi connectivity index (χ4n) is 2.73. The molecular weight excluding hydrogens is 392 g/mol. The van der Waals surface area contributed by atoms with E-state index < -0.39 is 11.9 Å². The van der Waals surface area contributed by atoms with Crippen LogP contribution in [-0.2, 0) is 11.3 Å². The van der Waals surface area contributed by atoms with Crippen molar-refractivity contribution in [3.05, 3.63) is 62.9 Å². The lowest BCUT2D eigenvalue weighted by molar-refractivity contribution is 0.0602. The molecule has 0 spiro atoms. The van der Waals surface area contributed by atoms with Gasteiger partial charge >= 0.3 is 5.97 Å². The molecule has 0 aliphatic heterocycles. The number of methoxy groups -OCH3 is 1. The van der Waals surface area contributed by atoms with Gasteiger partial charge in [-0.1, -0.05) is 11.2 Å². The quantitative estimate of drug-likeness (QED) is 0.594. The Kier molecular flexibility index (Phi) is 6.03. The number of benzene rings is 1. The lowest BCUT2D eigenvalue weighted by atomic mass is 10.1. The first-order valence-electron chi connectivity index (χ1n) is 8.95. The number of rotatable bonds is 6. The summed E-state index contributed by atoms with van der Waals surface area (Å²) < 4.78 is 15.8. The van der Waals surface area contributed by atoms with Gasteiger partial charge in [-0.25, -0.2) is 4.79 Å². The lowest BCUT2D eigenvalue weighted by Crippen LogP contribution is -2.16. The largest absolute Gasteiger partial charge is 0.489 e. The van der Waals surface area contributed by atoms with Crippen molar-refractivity contribution in [2.24, 2.45) is 0 Å². The number of hydrogen-bond acceptors (Lipinski definition) is 7. The van der Waals surface area contributed by atoms with E-state index >= 15 is 0 Å². The van der Waals surface area contributed by atoms with Gasteiger partial charge in [0.05, 0.1) is 18.2 Å². The van der Waals surface area contributed by atoms with E-state index in [0.717, 1.165) is 10.4 Å². The maximum Gasteiger partial charge on any atom is 0.340 e. The number of esters is 1. The van der Waals surface area contributed by atoms with Crippen LogP contribution in [0.25, 0.3) is 0 Å². The van der Waals surface area contributed by atoms with E-state index in [1.165, 1.54) is 24.0 Å². The molecule has 2 heterocycles. The Hall–Kier alpha value is -3.13. The third-order valence-corrected chi connectivity index (χ3v) is 5.51. The standard InChI is InChI=1S/C21H22N2O5S/c1-11-6-7-15(8-12(11)2)27-10-17-14(4)28-23-18(17)19(24)22-20-16(21(25)26-5)9-13(3)29-20/h6-9H,10H2,1-5H3,(H,22,24). The number of thiophene rings is 1. The Labute approximate surface area is 172 Å². The predicted molar refractivity (Wildman–Crippen MR) is 110 cm³/mol. The lowest BCUT2D eigenvalue weighted by Gasteiger charge is -2.09. The Morgan fingerprint density at radius 1 is 1.14 bits per heavy atom. The molecule has 0 aliphatic rings. The Balaban J connectivity index is 1.79. The van der Waals surface area contributed by atoms with Crippen LogP contribution in [0, 0.1) is 27.7 Å². The van der Waals surface area contributed by atoms with E-state index in [0.29, 0.717) is 27.6 Å². The summed E-state index contributed by atoms with van der Waals surface area (Å²) in [6, 6.07) is 7.47. The summed E-state index contributed by atoms with van der Waals surface area (Å²) in [5.74, 6) is 0.197. The van der Waals surface area contributed by atoms with E-state index in [2.05, 4.69) is 10.5 Å². The third kappa shape index (κ3) is 4.48. The third-order valence-electron chi connectivity index (χ3n) is 4.55. The molecule has 0 fully saturated rings. The van der Waals surface area contributed by atoms with Crippen LogP contribution in [0.1, 0.15) is 48.2 Å². The molecule has 3 rings (SSSR count). The Morgan fingerprint density at radius 2 is 1.90 bits per heavy atom. The van der Waals surface area contributed by atoms with Crippen LogP contribution in [0.15, 0.2) is 28.8 Å². The van der Waals surface area contributed by atoms with Crippen molar-refractivity contribution in [2.45, 2.75) is 34.3 Å². The summed E-state index contributed by atoms with van der Waals surface area (Å²) in [6.45, 7) is 7.73. The normalized spacial score (nSPS) is 10.7. The molecule has 0 saturated heterocycles. The van der Waals surface area contributed by atoms with Crippen LogP contribution < -0.4 is 10.1 Å². The van der Waals surface area contributed by atoms with Gasteiger partial charge in [0, 0.05) is 4.88 Å². The van der Waals surface area contributed by atoms with E-state index in [9.17, 15) is 9.59 Å². The highest BCUT2D eigenvalue weighted by Crippen LogP contribution is 2.29. The van der Waals surface area contributed by atoms with Gasteiger partial charge in [0.1, 0.15) is 23.1 Å². The molecule has 1 aromatic carbocycles. The van der Waals surface area contributed by atoms with Crippen LogP contribution >= 0.6 is 11.3 Å². The number of aryl methyl sites for hydroxylation is 4. The topological polar surface area (TPSA) is 90.7 Å². The summed E-state index contributed by atoms with van der Waals surface area (Å²) >= 11 is 1.28. The van der Waals surface area contributed by atoms with Gasteiger partial charge < -0.3 is 19.3 Å². The van der Waals surface area contributed by atoms with Crippen molar-refractivity contribution < 1.29 is 23.6 Å². The van der Waals surface area contributed by atoms with Crippen LogP contribution in [-0.4, -0.2) is 24.1 Å². The zero-order valence-corrected chi connectivity index (χ0v) is 17.7. The average Bonchev–Trinajstić information content (AvgIpc) is 3.24. The molecule has 2 aromatic heterocycles. The SMILES string of the molecule is COC(=O)c1cc(C)sc1NC(=O)c1noc(C)c1COc1ccc(C)c(C)c1. The maximum absolute atomic E-state index is 12.8. The molecule has 1 amide bonds. The Morgan fingerprint density at radius 3 is 2.59 bits per heavy atom. The van der Waals surface area contributed by atoms with E-state index in [4.69, 9.17) is 14.0 Å². The first-order chi connectivity index (χ1) is 13.8. The minimum Gasteiger partial charge on any atom is -0.489 e. The molecule has 0 atom stereocenters. The summed E-state index contributed by atoms with van der Waals surface area (Å²) in [5.41, 5.74) is 3.26. The molecule has 0 saturated carbocycles. The highest BCUT2D eigenvalue weighted by atomic mass is 32.1. The van der Waals surface area contributed by atoms with E-state index in [1.54, 1.807) is 13.0 Å². The van der Waals surface area contributed by atoms with Crippen molar-refractivity contribution in [3.63, 3.8) is 0 Å². The van der Waals surface area contributed by atoms with E-state index in [1.807, 2.05) is 39.0 Å². The van der Waals surface area contributed by atoms with Crippen molar-refractivity contribution in [2.75, 3.05) is 12.4 Å². The highest BCUT2D eigenvalue weighted by molar-refractivity contribution is 7.16. The second-order valence-corrected chi connectivity index (χ2v) is 7.90. The molecular formula is C21H22N2O5S. The van der Waals surface area contributed by atoms with Gasteiger partial charge in [0.15, 0.2) is 5.69 Å². The minimum atomic E-state index is -0.515. The zero-order chi connectivity index (χ0) is 21.1. The first-order valence-corrected chi connectivity index (χ1v) is 9.77. The van der Waals surface area contributed by atoms with Crippen LogP contribution in [0.2, 0.25) is 0 Å². The van der Waals surface area contributed by atoms with Gasteiger partial charge in [-0.2, -0.15) is 0 Å². The van der Waals surface area contributed by atoms with Crippen molar-refractivity contribution >= 4 is 28.2 Å². The number of amides is 1. The van der Waals surface area contributed by atoms with Crippen LogP contribution in [0.4, 0.5) is 5.00 Å². The summed E-state index contributed by atoms with van der Waals surface area (Å²) in [7, 11) is 1.30. The number of ether oxygens (including phenoxy) is 2. The maximum atomic E-state index is 12.8. The summed E-state index contributed by atoms with van der Waals surface area (Å²) in [6.07, 6.45) is 0. The molecule has 0 unspecified atom stereocenters. The number of carbonyl (C=O) groups excluding carboxylic acids is 2. The predicted octanol–water partition coefficient (Wildman–Crippen LogP) is 4.59. The molecule has 1 N–H and O–H groups in total. The molecule has 29 heavy (non-hydrogen) atoms. The number of hydrogen-bond donors (Lipinski definition) is 1. The fraction of sp³-hybridized carbons (Fsp3) is 0.286. The molecule has 8 heteroatoms. The number of nitrogens with zero attached hydrogens (tertiary/aromatic N) is 1. The monoisotopic (exact) mass is 414 g/mol. The molecule has 3 aromatic rings. The second kappa shape index (κ2) is 8.48. The van der Waals surface area contributed by atoms with Crippen LogP contribution in [0.3, 0.4) is 0 Å². The van der Waals surface area contributed by atoms with E-state index in [-0.39, 0.29) is 12.3 Å². The first kappa shape index (κ1) is 20.6. The Bertz CT molecular complexity index is 1070. The van der Waals surface area contributed by atoms with Crippen molar-refractivity contribution in [1.82, 2.24) is 5.16 Å². The molecule has 0 bridgehead atoms. The fourth-order valence-corrected chi connectivity index (χ4v) is 3.62. The number of nitrogens with one attached hydrogen (secondary N) is 1. The van der Waals surface area contributed by atoms with Gasteiger partial charge in [-0.3, -0.25) is 4.79 Å². The molecule has 152 valence electrons. The molecule has 7 nitrogen and oxygen atoms in total. The highest BCUT2D eigenvalue weighted by Gasteiger charge is 2.24. The minimum absolute atomic E-state index is 0.119. The number of anilines is 1. The van der Waals surface area contributed by atoms with Gasteiger partial charge in [0.25, 0.3) is 5.91 Å². The molecule has 0 radical (unpaired) electrons. The van der Waals surface area contributed by atoms with Gasteiger partial charge in [0.2, 0.25) is 0 Å². The average molecular weight is 414 g/mol.